The van der Waals surface area contributed by atoms with Crippen molar-refractivity contribution in [3.8, 4) is 6.07 Å². The summed E-state index contributed by atoms with van der Waals surface area (Å²) in [6, 6.07) is 6.52. The highest BCUT2D eigenvalue weighted by Gasteiger charge is 2.18. The van der Waals surface area contributed by atoms with E-state index in [-0.39, 0.29) is 0 Å². The molecule has 0 bridgehead atoms. The highest BCUT2D eigenvalue weighted by atomic mass is 32.1. The zero-order valence-corrected chi connectivity index (χ0v) is 12.5. The highest BCUT2D eigenvalue weighted by molar-refractivity contribution is 7.10. The predicted molar refractivity (Wildman–Crippen MR) is 85.0 cm³/mol. The lowest BCUT2D eigenvalue weighted by atomic mass is 9.95. The number of aromatic nitrogens is 1. The van der Waals surface area contributed by atoms with Gasteiger partial charge in [-0.05, 0) is 30.4 Å². The molecule has 1 fully saturated rings. The normalized spacial score (nSPS) is 16.1. The number of hydrogen-bond donors (Lipinski definition) is 1. The Balaban J connectivity index is 1.73. The van der Waals surface area contributed by atoms with Crippen molar-refractivity contribution >= 4 is 29.4 Å². The van der Waals surface area contributed by atoms with Crippen LogP contribution in [0.1, 0.15) is 48.6 Å². The molecular formula is C16H17N3OS. The van der Waals surface area contributed by atoms with Crippen molar-refractivity contribution in [3.05, 3.63) is 34.0 Å². The summed E-state index contributed by atoms with van der Waals surface area (Å²) in [5, 5.41) is 14.5. The maximum absolute atomic E-state index is 9.18. The first-order valence-electron chi connectivity index (χ1n) is 7.24. The molecule has 4 nitrogen and oxygen atoms in total. The van der Waals surface area contributed by atoms with Gasteiger partial charge in [0, 0.05) is 17.0 Å². The number of rotatable bonds is 4. The van der Waals surface area contributed by atoms with Crippen LogP contribution in [0.15, 0.2) is 21.9 Å². The van der Waals surface area contributed by atoms with Gasteiger partial charge in [-0.2, -0.15) is 10.2 Å². The fourth-order valence-electron chi connectivity index (χ4n) is 2.55. The van der Waals surface area contributed by atoms with Crippen molar-refractivity contribution < 1.29 is 4.42 Å². The molecular weight excluding hydrogens is 282 g/mol. The summed E-state index contributed by atoms with van der Waals surface area (Å²) in [5.74, 6) is 0.980. The van der Waals surface area contributed by atoms with E-state index in [1.54, 1.807) is 17.4 Å². The van der Waals surface area contributed by atoms with Crippen LogP contribution >= 0.6 is 11.3 Å². The summed E-state index contributed by atoms with van der Waals surface area (Å²) >= 11 is 1.65. The maximum Gasteiger partial charge on any atom is 0.232 e. The summed E-state index contributed by atoms with van der Waals surface area (Å²) in [6.45, 7) is 0. The predicted octanol–water partition coefficient (Wildman–Crippen LogP) is 4.52. The maximum atomic E-state index is 9.18. The first-order chi connectivity index (χ1) is 10.3. The minimum absolute atomic E-state index is 0.339. The molecule has 0 aromatic carbocycles. The van der Waals surface area contributed by atoms with E-state index in [2.05, 4.69) is 16.4 Å². The third kappa shape index (κ3) is 3.53. The Morgan fingerprint density at radius 1 is 1.33 bits per heavy atom. The highest BCUT2D eigenvalue weighted by Crippen LogP contribution is 2.25. The summed E-state index contributed by atoms with van der Waals surface area (Å²) < 4.78 is 5.68. The van der Waals surface area contributed by atoms with E-state index in [4.69, 9.17) is 4.42 Å². The number of oxazole rings is 1. The Bertz CT molecular complexity index is 646. The number of hydrogen-bond acceptors (Lipinski definition) is 5. The molecule has 0 amide bonds. The largest absolute Gasteiger partial charge is 0.420 e. The van der Waals surface area contributed by atoms with Crippen LogP contribution in [-0.4, -0.2) is 11.0 Å². The van der Waals surface area contributed by atoms with Crippen LogP contribution in [0.5, 0.6) is 0 Å². The topological polar surface area (TPSA) is 61.9 Å². The molecule has 0 radical (unpaired) electrons. The Labute approximate surface area is 128 Å². The monoisotopic (exact) mass is 299 g/mol. The van der Waals surface area contributed by atoms with Gasteiger partial charge in [0.15, 0.2) is 0 Å². The van der Waals surface area contributed by atoms with Gasteiger partial charge in [-0.1, -0.05) is 25.3 Å². The van der Waals surface area contributed by atoms with Crippen molar-refractivity contribution in [3.63, 3.8) is 0 Å². The van der Waals surface area contributed by atoms with Gasteiger partial charge in [-0.25, -0.2) is 0 Å². The van der Waals surface area contributed by atoms with Crippen molar-refractivity contribution in [1.29, 1.82) is 5.26 Å². The van der Waals surface area contributed by atoms with Gasteiger partial charge in [0.2, 0.25) is 17.5 Å². The molecule has 2 aromatic heterocycles. The lowest BCUT2D eigenvalue weighted by Gasteiger charge is -2.22. The van der Waals surface area contributed by atoms with Gasteiger partial charge < -0.3 is 9.73 Å². The van der Waals surface area contributed by atoms with E-state index in [1.807, 2.05) is 23.6 Å². The number of nitrogens with zero attached hydrogens (tertiary/aromatic N) is 2. The van der Waals surface area contributed by atoms with Gasteiger partial charge in [-0.15, -0.1) is 11.3 Å². The van der Waals surface area contributed by atoms with Crippen LogP contribution in [0.3, 0.4) is 0 Å². The van der Waals surface area contributed by atoms with Crippen LogP contribution in [0.2, 0.25) is 0 Å². The van der Waals surface area contributed by atoms with Crippen LogP contribution < -0.4 is 5.32 Å². The number of nitrogens with one attached hydrogen (secondary N) is 1. The van der Waals surface area contributed by atoms with Crippen molar-refractivity contribution in [2.45, 2.75) is 38.1 Å². The van der Waals surface area contributed by atoms with Gasteiger partial charge in [-0.3, -0.25) is 0 Å². The van der Waals surface area contributed by atoms with E-state index in [1.165, 1.54) is 19.3 Å². The lowest BCUT2D eigenvalue weighted by Crippen LogP contribution is -2.22. The van der Waals surface area contributed by atoms with Crippen LogP contribution in [-0.2, 0) is 0 Å². The van der Waals surface area contributed by atoms with E-state index in [0.29, 0.717) is 23.5 Å². The third-order valence-electron chi connectivity index (χ3n) is 3.62. The zero-order valence-electron chi connectivity index (χ0n) is 11.7. The molecule has 2 aromatic rings. The lowest BCUT2D eigenvalue weighted by molar-refractivity contribution is 0.449. The van der Waals surface area contributed by atoms with E-state index in [0.717, 1.165) is 17.7 Å². The van der Waals surface area contributed by atoms with Gasteiger partial charge in [0.25, 0.3) is 0 Å². The van der Waals surface area contributed by atoms with Crippen LogP contribution in [0, 0.1) is 11.3 Å². The van der Waals surface area contributed by atoms with Crippen LogP contribution in [0.25, 0.3) is 12.2 Å². The Hall–Kier alpha value is -2.06. The summed E-state index contributed by atoms with van der Waals surface area (Å²) in [6.07, 6.45) is 9.78. The summed E-state index contributed by atoms with van der Waals surface area (Å²) in [7, 11) is 0. The Morgan fingerprint density at radius 3 is 2.90 bits per heavy atom. The first kappa shape index (κ1) is 13.9. The molecule has 1 N–H and O–H groups in total. The standard InChI is InChI=1S/C16H17N3OS/c17-11-14-16(18-12-5-2-1-3-6-12)20-15(19-14)9-8-13-7-4-10-21-13/h4,7-10,12,18H,1-3,5-6H2. The van der Waals surface area contributed by atoms with E-state index >= 15 is 0 Å². The second-order valence-electron chi connectivity index (χ2n) is 5.17. The minimum atomic E-state index is 0.339. The molecule has 5 heteroatoms. The Morgan fingerprint density at radius 2 is 2.19 bits per heavy atom. The molecule has 1 aliphatic rings. The van der Waals surface area contributed by atoms with Crippen molar-refractivity contribution in [1.82, 2.24) is 4.98 Å². The quantitative estimate of drug-likeness (QED) is 0.901. The number of thiophene rings is 1. The van der Waals surface area contributed by atoms with Crippen molar-refractivity contribution in [2.75, 3.05) is 5.32 Å². The molecule has 0 spiro atoms. The molecule has 0 unspecified atom stereocenters. The molecule has 1 aliphatic carbocycles. The fourth-order valence-corrected chi connectivity index (χ4v) is 3.17. The average molecular weight is 299 g/mol. The molecule has 0 atom stereocenters. The number of anilines is 1. The molecule has 108 valence electrons. The minimum Gasteiger partial charge on any atom is -0.420 e. The molecule has 2 heterocycles. The van der Waals surface area contributed by atoms with Gasteiger partial charge in [0.05, 0.1) is 0 Å². The molecule has 0 saturated heterocycles. The summed E-state index contributed by atoms with van der Waals surface area (Å²) in [4.78, 5) is 5.35. The van der Waals surface area contributed by atoms with Gasteiger partial charge >= 0.3 is 0 Å². The van der Waals surface area contributed by atoms with Crippen LogP contribution in [0.4, 0.5) is 5.88 Å². The number of nitriles is 1. The van der Waals surface area contributed by atoms with Gasteiger partial charge in [0.1, 0.15) is 6.07 Å². The van der Waals surface area contributed by atoms with E-state index < -0.39 is 0 Å². The molecule has 0 aliphatic heterocycles. The molecule has 21 heavy (non-hydrogen) atoms. The second kappa shape index (κ2) is 6.59. The fraction of sp³-hybridized carbons (Fsp3) is 0.375. The first-order valence-corrected chi connectivity index (χ1v) is 8.12. The zero-order chi connectivity index (χ0) is 14.5. The Kier molecular flexibility index (Phi) is 4.37. The molecule has 1 saturated carbocycles. The average Bonchev–Trinajstić information content (AvgIpc) is 3.15. The summed E-state index contributed by atoms with van der Waals surface area (Å²) in [5.41, 5.74) is 0.339. The van der Waals surface area contributed by atoms with E-state index in [9.17, 15) is 5.26 Å². The smallest absolute Gasteiger partial charge is 0.232 e. The SMILES string of the molecule is N#Cc1nc(C=Cc2cccs2)oc1NC1CCCCC1. The molecule has 3 rings (SSSR count). The van der Waals surface area contributed by atoms with Crippen molar-refractivity contribution in [2.24, 2.45) is 0 Å². The third-order valence-corrected chi connectivity index (χ3v) is 4.46. The second-order valence-corrected chi connectivity index (χ2v) is 6.15.